The summed E-state index contributed by atoms with van der Waals surface area (Å²) >= 11 is 0. The fourth-order valence-electron chi connectivity index (χ4n) is 0.706. The predicted octanol–water partition coefficient (Wildman–Crippen LogP) is -0.760. The van der Waals surface area contributed by atoms with Gasteiger partial charge in [0.1, 0.15) is 6.20 Å². The molecule has 5 heteroatoms. The Balaban J connectivity index is 2.70. The van der Waals surface area contributed by atoms with Gasteiger partial charge >= 0.3 is 10.0 Å². The lowest BCUT2D eigenvalue weighted by Gasteiger charge is -1.95. The molecule has 0 amide bonds. The van der Waals surface area contributed by atoms with Crippen molar-refractivity contribution in [2.75, 3.05) is 19.5 Å². The molecular formula is C5H10NO3S+. The minimum atomic E-state index is -2.89. The molecule has 1 heterocycles. The van der Waals surface area contributed by atoms with Gasteiger partial charge < -0.3 is 5.11 Å². The van der Waals surface area contributed by atoms with Crippen LogP contribution in [0, 0.1) is 0 Å². The second-order valence-electron chi connectivity index (χ2n) is 2.45. The van der Waals surface area contributed by atoms with Crippen LogP contribution in [-0.2, 0) is 10.0 Å². The van der Waals surface area contributed by atoms with E-state index in [0.717, 1.165) is 0 Å². The number of sulfonamides is 1. The maximum absolute atomic E-state index is 10.7. The third-order valence-electron chi connectivity index (χ3n) is 1.51. The van der Waals surface area contributed by atoms with Crippen molar-refractivity contribution in [1.82, 2.24) is 0 Å². The van der Waals surface area contributed by atoms with Gasteiger partial charge in [-0.1, -0.05) is 0 Å². The van der Waals surface area contributed by atoms with Crippen LogP contribution in [0.4, 0.5) is 0 Å². The smallest absolute Gasteiger partial charge is 0.354 e. The minimum Gasteiger partial charge on any atom is -0.392 e. The molecule has 0 spiro atoms. The van der Waals surface area contributed by atoms with Crippen LogP contribution in [0.2, 0.25) is 0 Å². The molecule has 1 fully saturated rings. The summed E-state index contributed by atoms with van der Waals surface area (Å²) in [4.78, 5) is 0. The highest BCUT2D eigenvalue weighted by Gasteiger charge is 2.57. The highest BCUT2D eigenvalue weighted by Crippen LogP contribution is 2.30. The van der Waals surface area contributed by atoms with Gasteiger partial charge in [0, 0.05) is 0 Å². The maximum atomic E-state index is 10.7. The minimum absolute atomic E-state index is 0.0619. The number of aliphatic hydroxyl groups excluding tert-OH is 1. The van der Waals surface area contributed by atoms with E-state index in [1.165, 1.54) is 12.3 Å². The average Bonchev–Trinajstić information content (AvgIpc) is 2.29. The number of nitrogens with zero attached hydrogens (tertiary/aromatic N) is 1. The summed E-state index contributed by atoms with van der Waals surface area (Å²) in [6, 6.07) is 0. The second kappa shape index (κ2) is 2.05. The molecule has 1 aliphatic rings. The molecule has 58 valence electrons. The topological polar surface area (TPSA) is 54.4 Å². The van der Waals surface area contributed by atoms with Crippen LogP contribution in [0.1, 0.15) is 0 Å². The lowest BCUT2D eigenvalue weighted by atomic mass is 10.6. The van der Waals surface area contributed by atoms with Crippen molar-refractivity contribution in [3.8, 4) is 0 Å². The monoisotopic (exact) mass is 164 g/mol. The molecule has 0 bridgehead atoms. The molecule has 4 nitrogen and oxygen atoms in total. The van der Waals surface area contributed by atoms with Crippen molar-refractivity contribution in [2.24, 2.45) is 0 Å². The van der Waals surface area contributed by atoms with Crippen LogP contribution < -0.4 is 0 Å². The van der Waals surface area contributed by atoms with Crippen LogP contribution >= 0.6 is 0 Å². The highest BCUT2D eigenvalue weighted by molar-refractivity contribution is 7.90. The lowest BCUT2D eigenvalue weighted by molar-refractivity contribution is -0.647. The molecule has 0 aromatic rings. The SMILES string of the molecule is C[N+]1(/C=C\CO)CS1(=O)=O. The number of rotatable bonds is 2. The van der Waals surface area contributed by atoms with Gasteiger partial charge in [0.2, 0.25) is 5.88 Å². The zero-order valence-corrected chi connectivity index (χ0v) is 6.50. The molecule has 0 aromatic heterocycles. The average molecular weight is 164 g/mol. The van der Waals surface area contributed by atoms with Crippen LogP contribution in [-0.4, -0.2) is 36.9 Å². The van der Waals surface area contributed by atoms with Crippen LogP contribution in [0.5, 0.6) is 0 Å². The van der Waals surface area contributed by atoms with Crippen molar-refractivity contribution in [3.05, 3.63) is 12.3 Å². The molecule has 1 atom stereocenters. The van der Waals surface area contributed by atoms with Crippen molar-refractivity contribution < 1.29 is 17.4 Å². The maximum Gasteiger partial charge on any atom is 0.354 e. The molecule has 0 aliphatic carbocycles. The van der Waals surface area contributed by atoms with E-state index in [9.17, 15) is 8.42 Å². The zero-order chi connectivity index (χ0) is 7.83. The fraction of sp³-hybridized carbons (Fsp3) is 0.600. The third kappa shape index (κ3) is 1.07. The molecule has 1 unspecified atom stereocenters. The highest BCUT2D eigenvalue weighted by atomic mass is 32.2. The second-order valence-corrected chi connectivity index (χ2v) is 4.71. The van der Waals surface area contributed by atoms with Gasteiger partial charge in [0.05, 0.1) is 13.7 Å². The first-order valence-corrected chi connectivity index (χ1v) is 4.49. The Labute approximate surface area is 60.0 Å². The molecule has 0 aromatic carbocycles. The Morgan fingerprint density at radius 3 is 2.50 bits per heavy atom. The van der Waals surface area contributed by atoms with E-state index in [1.54, 1.807) is 7.05 Å². The predicted molar refractivity (Wildman–Crippen MR) is 36.2 cm³/mol. The lowest BCUT2D eigenvalue weighted by Crippen LogP contribution is -2.12. The Bertz CT molecular complexity index is 256. The van der Waals surface area contributed by atoms with Gasteiger partial charge in [0.25, 0.3) is 0 Å². The summed E-state index contributed by atoms with van der Waals surface area (Å²) < 4.78 is 21.4. The van der Waals surface area contributed by atoms with Crippen molar-refractivity contribution in [2.45, 2.75) is 0 Å². The molecule has 1 saturated heterocycles. The molecule has 0 saturated carbocycles. The van der Waals surface area contributed by atoms with E-state index in [1.807, 2.05) is 0 Å². The Hall–Kier alpha value is -0.390. The third-order valence-corrected chi connectivity index (χ3v) is 3.59. The summed E-state index contributed by atoms with van der Waals surface area (Å²) in [6.07, 6.45) is 2.92. The van der Waals surface area contributed by atoms with E-state index >= 15 is 0 Å². The van der Waals surface area contributed by atoms with Crippen LogP contribution in [0.15, 0.2) is 12.3 Å². The molecule has 1 N–H and O–H groups in total. The summed E-state index contributed by atoms with van der Waals surface area (Å²) in [5.41, 5.74) is 0. The summed E-state index contributed by atoms with van der Waals surface area (Å²) in [6.45, 7) is -0.108. The van der Waals surface area contributed by atoms with Gasteiger partial charge in [-0.25, -0.2) is 0 Å². The number of hydrogen-bond acceptors (Lipinski definition) is 3. The van der Waals surface area contributed by atoms with Gasteiger partial charge in [-0.05, 0) is 6.08 Å². The molecule has 10 heavy (non-hydrogen) atoms. The van der Waals surface area contributed by atoms with Crippen LogP contribution in [0.25, 0.3) is 0 Å². The van der Waals surface area contributed by atoms with E-state index in [-0.39, 0.29) is 16.4 Å². The Morgan fingerprint density at radius 2 is 2.20 bits per heavy atom. The standard InChI is InChI=1S/C5H10NO3S/c1-6(3-2-4-7)5-10(6,8)9/h2-3,7H,4-5H2,1H3/q+1/b3-2-. The first kappa shape index (κ1) is 7.71. The van der Waals surface area contributed by atoms with Crippen LogP contribution in [0.3, 0.4) is 0 Å². The molecule has 1 rings (SSSR count). The largest absolute Gasteiger partial charge is 0.392 e. The first-order valence-electron chi connectivity index (χ1n) is 2.88. The number of aliphatic hydroxyl groups is 1. The van der Waals surface area contributed by atoms with Gasteiger partial charge in [-0.15, -0.1) is 0 Å². The molecule has 0 radical (unpaired) electrons. The van der Waals surface area contributed by atoms with Gasteiger partial charge in [-0.2, -0.15) is 12.3 Å². The van der Waals surface area contributed by atoms with Gasteiger partial charge in [0.15, 0.2) is 0 Å². The zero-order valence-electron chi connectivity index (χ0n) is 5.69. The summed E-state index contributed by atoms with van der Waals surface area (Å²) in [7, 11) is -1.30. The van der Waals surface area contributed by atoms with E-state index in [4.69, 9.17) is 5.11 Å². The van der Waals surface area contributed by atoms with E-state index < -0.39 is 10.0 Å². The molecule has 1 aliphatic heterocycles. The normalized spacial score (nSPS) is 36.6. The Morgan fingerprint density at radius 1 is 1.70 bits per heavy atom. The Kier molecular flexibility index (Phi) is 1.58. The van der Waals surface area contributed by atoms with Crippen molar-refractivity contribution in [3.63, 3.8) is 0 Å². The summed E-state index contributed by atoms with van der Waals surface area (Å²) in [5.74, 6) is 0.156. The first-order chi connectivity index (χ1) is 4.52. The summed E-state index contributed by atoms with van der Waals surface area (Å²) in [5, 5.41) is 8.34. The van der Waals surface area contributed by atoms with E-state index in [2.05, 4.69) is 0 Å². The fourth-order valence-corrected chi connectivity index (χ4v) is 1.92. The molecular weight excluding hydrogens is 154 g/mol. The van der Waals surface area contributed by atoms with Gasteiger partial charge in [-0.3, -0.25) is 0 Å². The van der Waals surface area contributed by atoms with E-state index in [0.29, 0.717) is 0 Å². The van der Waals surface area contributed by atoms with Crippen molar-refractivity contribution >= 4 is 10.0 Å². The van der Waals surface area contributed by atoms with Crippen molar-refractivity contribution in [1.29, 1.82) is 0 Å². The number of hydrogen-bond donors (Lipinski definition) is 1. The quantitative estimate of drug-likeness (QED) is 0.431. The number of quaternary nitrogens is 1.